The zero-order valence-electron chi connectivity index (χ0n) is 17.1. The lowest BCUT2D eigenvalue weighted by Gasteiger charge is -2.15. The van der Waals surface area contributed by atoms with Crippen LogP contribution in [0.4, 0.5) is 5.69 Å². The molecule has 3 aromatic rings. The van der Waals surface area contributed by atoms with Gasteiger partial charge in [-0.05, 0) is 48.0 Å². The van der Waals surface area contributed by atoms with Crippen molar-refractivity contribution in [3.63, 3.8) is 0 Å². The van der Waals surface area contributed by atoms with Crippen molar-refractivity contribution in [1.82, 2.24) is 4.90 Å². The Morgan fingerprint density at radius 1 is 1.00 bits per heavy atom. The molecule has 0 radical (unpaired) electrons. The maximum absolute atomic E-state index is 13.2. The first-order valence-electron chi connectivity index (χ1n) is 9.91. The van der Waals surface area contributed by atoms with E-state index in [1.54, 1.807) is 29.2 Å². The summed E-state index contributed by atoms with van der Waals surface area (Å²) in [6, 6.07) is 24.8. The normalized spacial score (nSPS) is 16.3. The number of hydrogen-bond acceptors (Lipinski definition) is 5. The minimum Gasteiger partial charge on any atom is -0.504 e. The average molecular weight is 431 g/mol. The number of benzene rings is 3. The zero-order valence-corrected chi connectivity index (χ0v) is 17.9. The number of aliphatic imine (C=N–C) groups is 1. The molecule has 0 atom stereocenters. The van der Waals surface area contributed by atoms with E-state index in [-0.39, 0.29) is 11.7 Å². The Morgan fingerprint density at radius 2 is 1.71 bits per heavy atom. The minimum atomic E-state index is -0.127. The van der Waals surface area contributed by atoms with Crippen LogP contribution in [0, 0.1) is 0 Å². The molecule has 1 aliphatic heterocycles. The molecule has 1 N–H and O–H groups in total. The number of hydrogen-bond donors (Lipinski definition) is 1. The first-order valence-corrected chi connectivity index (χ1v) is 10.7. The highest BCUT2D eigenvalue weighted by atomic mass is 32.2. The van der Waals surface area contributed by atoms with Crippen LogP contribution >= 0.6 is 11.8 Å². The van der Waals surface area contributed by atoms with E-state index in [1.807, 2.05) is 60.7 Å². The number of ether oxygens (including phenoxy) is 1. The molecule has 1 saturated heterocycles. The van der Waals surface area contributed by atoms with Gasteiger partial charge in [0.1, 0.15) is 0 Å². The summed E-state index contributed by atoms with van der Waals surface area (Å²) in [5.74, 6) is 0.247. The van der Waals surface area contributed by atoms with Crippen molar-refractivity contribution < 1.29 is 14.6 Å². The van der Waals surface area contributed by atoms with Gasteiger partial charge in [0, 0.05) is 12.1 Å². The minimum absolute atomic E-state index is 0.00943. The fraction of sp³-hybridized carbons (Fsp3) is 0.120. The van der Waals surface area contributed by atoms with Crippen molar-refractivity contribution in [1.29, 1.82) is 0 Å². The number of nitrogens with zero attached hydrogens (tertiary/aromatic N) is 2. The second-order valence-corrected chi connectivity index (χ2v) is 7.94. The van der Waals surface area contributed by atoms with E-state index in [0.717, 1.165) is 17.7 Å². The molecule has 6 heteroatoms. The summed E-state index contributed by atoms with van der Waals surface area (Å²) in [5.41, 5.74) is 2.47. The molecular weight excluding hydrogens is 408 g/mol. The Balaban J connectivity index is 1.66. The number of carbonyl (C=O) groups is 1. The predicted octanol–water partition coefficient (Wildman–Crippen LogP) is 5.25. The smallest absolute Gasteiger partial charge is 0.266 e. The third kappa shape index (κ3) is 4.81. The molecule has 0 bridgehead atoms. The van der Waals surface area contributed by atoms with E-state index >= 15 is 0 Å². The number of phenols is 1. The second kappa shape index (κ2) is 9.53. The molecule has 1 amide bonds. The molecule has 1 heterocycles. The largest absolute Gasteiger partial charge is 0.504 e. The number of thioether (sulfide) groups is 1. The molecule has 156 valence electrons. The van der Waals surface area contributed by atoms with Crippen molar-refractivity contribution in [3.8, 4) is 11.5 Å². The molecule has 3 aromatic carbocycles. The van der Waals surface area contributed by atoms with Gasteiger partial charge >= 0.3 is 0 Å². The van der Waals surface area contributed by atoms with Crippen molar-refractivity contribution in [2.45, 2.75) is 6.42 Å². The summed E-state index contributed by atoms with van der Waals surface area (Å²) in [6.45, 7) is 0.517. The number of para-hydroxylation sites is 2. The van der Waals surface area contributed by atoms with Gasteiger partial charge in [0.05, 0.1) is 17.7 Å². The van der Waals surface area contributed by atoms with Gasteiger partial charge in [-0.25, -0.2) is 4.99 Å². The standard InChI is InChI=1S/C25H22N2O3S/c1-30-21-14-8-11-19(23(21)28)17-22-24(29)27(16-15-18-9-4-2-5-10-18)25(31-22)26-20-12-6-3-7-13-20/h2-14,17,28H,15-16H2,1H3/b22-17+,26-25?. The third-order valence-corrected chi connectivity index (χ3v) is 5.88. The van der Waals surface area contributed by atoms with Gasteiger partial charge in [-0.15, -0.1) is 0 Å². The third-order valence-electron chi connectivity index (χ3n) is 4.87. The van der Waals surface area contributed by atoms with Gasteiger partial charge in [-0.1, -0.05) is 60.7 Å². The van der Waals surface area contributed by atoms with E-state index in [4.69, 9.17) is 9.73 Å². The Morgan fingerprint density at radius 3 is 2.42 bits per heavy atom. The molecule has 31 heavy (non-hydrogen) atoms. The van der Waals surface area contributed by atoms with Gasteiger partial charge < -0.3 is 9.84 Å². The van der Waals surface area contributed by atoms with Crippen molar-refractivity contribution in [3.05, 3.63) is 94.9 Å². The van der Waals surface area contributed by atoms with Gasteiger partial charge in [-0.2, -0.15) is 0 Å². The average Bonchev–Trinajstić information content (AvgIpc) is 3.09. The lowest BCUT2D eigenvalue weighted by molar-refractivity contribution is -0.122. The van der Waals surface area contributed by atoms with E-state index in [0.29, 0.717) is 27.9 Å². The number of phenolic OH excluding ortho intramolecular Hbond substituents is 1. The summed E-state index contributed by atoms with van der Waals surface area (Å²) in [6.07, 6.45) is 2.41. The number of amides is 1. The van der Waals surface area contributed by atoms with Crippen molar-refractivity contribution in [2.75, 3.05) is 13.7 Å². The van der Waals surface area contributed by atoms with Crippen molar-refractivity contribution in [2.24, 2.45) is 4.99 Å². The maximum atomic E-state index is 13.2. The molecule has 0 saturated carbocycles. The first kappa shape index (κ1) is 20.8. The highest BCUT2D eigenvalue weighted by Crippen LogP contribution is 2.37. The molecule has 0 spiro atoms. The molecule has 0 unspecified atom stereocenters. The number of rotatable bonds is 6. The van der Waals surface area contributed by atoms with Crippen LogP contribution in [0.5, 0.6) is 11.5 Å². The lowest BCUT2D eigenvalue weighted by Crippen LogP contribution is -2.31. The fourth-order valence-corrected chi connectivity index (χ4v) is 4.26. The Bertz CT molecular complexity index is 1130. The van der Waals surface area contributed by atoms with E-state index in [9.17, 15) is 9.90 Å². The van der Waals surface area contributed by atoms with E-state index in [1.165, 1.54) is 18.9 Å². The summed E-state index contributed by atoms with van der Waals surface area (Å²) >= 11 is 1.31. The van der Waals surface area contributed by atoms with Crippen LogP contribution in [0.15, 0.2) is 88.8 Å². The van der Waals surface area contributed by atoms with E-state index < -0.39 is 0 Å². The Labute approximate surface area is 185 Å². The molecule has 0 aliphatic carbocycles. The molecule has 0 aromatic heterocycles. The van der Waals surface area contributed by atoms with Crippen molar-refractivity contribution >= 4 is 34.6 Å². The van der Waals surface area contributed by atoms with Gasteiger partial charge in [0.25, 0.3) is 5.91 Å². The highest BCUT2D eigenvalue weighted by molar-refractivity contribution is 8.18. The molecule has 5 nitrogen and oxygen atoms in total. The summed E-state index contributed by atoms with van der Waals surface area (Å²) in [4.78, 5) is 20.2. The molecule has 4 rings (SSSR count). The monoisotopic (exact) mass is 430 g/mol. The van der Waals surface area contributed by atoms with E-state index in [2.05, 4.69) is 0 Å². The summed E-state index contributed by atoms with van der Waals surface area (Å²) in [5, 5.41) is 11.0. The SMILES string of the molecule is COc1cccc(/C=C2/SC(=Nc3ccccc3)N(CCc3ccccc3)C2=O)c1O. The molecule has 1 aliphatic rings. The fourth-order valence-electron chi connectivity index (χ4n) is 3.25. The van der Waals surface area contributed by atoms with Crippen LogP contribution in [0.2, 0.25) is 0 Å². The number of methoxy groups -OCH3 is 1. The Hall–Kier alpha value is -3.51. The highest BCUT2D eigenvalue weighted by Gasteiger charge is 2.33. The zero-order chi connectivity index (χ0) is 21.6. The maximum Gasteiger partial charge on any atom is 0.266 e. The van der Waals surface area contributed by atoms with Gasteiger partial charge in [0.2, 0.25) is 0 Å². The first-order chi connectivity index (χ1) is 15.2. The molecule has 1 fully saturated rings. The van der Waals surface area contributed by atoms with Crippen LogP contribution in [-0.2, 0) is 11.2 Å². The number of amidine groups is 1. The number of carbonyl (C=O) groups excluding carboxylic acids is 1. The lowest BCUT2D eigenvalue weighted by atomic mass is 10.1. The van der Waals surface area contributed by atoms with Crippen LogP contribution in [0.1, 0.15) is 11.1 Å². The summed E-state index contributed by atoms with van der Waals surface area (Å²) < 4.78 is 5.18. The summed E-state index contributed by atoms with van der Waals surface area (Å²) in [7, 11) is 1.50. The quantitative estimate of drug-likeness (QED) is 0.543. The predicted molar refractivity (Wildman–Crippen MR) is 126 cm³/mol. The molecular formula is C25H22N2O3S. The van der Waals surface area contributed by atoms with Crippen LogP contribution < -0.4 is 4.74 Å². The van der Waals surface area contributed by atoms with Crippen LogP contribution in [0.3, 0.4) is 0 Å². The van der Waals surface area contributed by atoms with Gasteiger partial charge in [0.15, 0.2) is 16.7 Å². The van der Waals surface area contributed by atoms with Gasteiger partial charge in [-0.3, -0.25) is 9.69 Å². The van der Waals surface area contributed by atoms with Crippen LogP contribution in [-0.4, -0.2) is 34.7 Å². The topological polar surface area (TPSA) is 62.1 Å². The van der Waals surface area contributed by atoms with Crippen LogP contribution in [0.25, 0.3) is 6.08 Å². The number of aromatic hydroxyl groups is 1. The second-order valence-electron chi connectivity index (χ2n) is 6.93. The Kier molecular flexibility index (Phi) is 6.38.